The monoisotopic (exact) mass is 261 g/mol. The molecule has 1 aromatic rings. The SMILES string of the molecule is COc1ccc(C2=C(C)C(C)(C)OC2=N)cc1OC. The highest BCUT2D eigenvalue weighted by Gasteiger charge is 2.36. The summed E-state index contributed by atoms with van der Waals surface area (Å²) < 4.78 is 16.1. The molecule has 0 bridgehead atoms. The second-order valence-electron chi connectivity index (χ2n) is 5.01. The molecule has 0 saturated carbocycles. The lowest BCUT2D eigenvalue weighted by Gasteiger charge is -2.18. The Morgan fingerprint density at radius 3 is 2.21 bits per heavy atom. The van der Waals surface area contributed by atoms with Crippen molar-refractivity contribution in [1.82, 2.24) is 0 Å². The maximum absolute atomic E-state index is 8.00. The fourth-order valence-electron chi connectivity index (χ4n) is 2.19. The zero-order valence-electron chi connectivity index (χ0n) is 12.0. The van der Waals surface area contributed by atoms with Crippen LogP contribution in [0.25, 0.3) is 5.57 Å². The summed E-state index contributed by atoms with van der Waals surface area (Å²) in [6, 6.07) is 5.63. The van der Waals surface area contributed by atoms with Crippen molar-refractivity contribution in [1.29, 1.82) is 5.41 Å². The maximum atomic E-state index is 8.00. The molecule has 4 heteroatoms. The van der Waals surface area contributed by atoms with Crippen molar-refractivity contribution in [2.45, 2.75) is 26.4 Å². The standard InChI is InChI=1S/C15H19NO3/c1-9-13(14(16)19-15(9,2)3)10-6-7-11(17-4)12(8-10)18-5/h6-8,16H,1-5H3. The lowest BCUT2D eigenvalue weighted by molar-refractivity contribution is 0.149. The predicted octanol–water partition coefficient (Wildman–Crippen LogP) is 3.26. The van der Waals surface area contributed by atoms with Crippen LogP contribution in [0.4, 0.5) is 0 Å². The summed E-state index contributed by atoms with van der Waals surface area (Å²) in [5, 5.41) is 8.00. The average Bonchev–Trinajstić information content (AvgIpc) is 2.57. The third-order valence-electron chi connectivity index (χ3n) is 3.53. The normalized spacial score (nSPS) is 17.4. The lowest BCUT2D eigenvalue weighted by Crippen LogP contribution is -2.21. The number of hydrogen-bond donors (Lipinski definition) is 1. The molecule has 0 aromatic heterocycles. The van der Waals surface area contributed by atoms with Gasteiger partial charge in [0.15, 0.2) is 11.5 Å². The molecule has 2 rings (SSSR count). The van der Waals surface area contributed by atoms with E-state index < -0.39 is 5.60 Å². The Hall–Kier alpha value is -1.97. The van der Waals surface area contributed by atoms with Gasteiger partial charge in [-0.2, -0.15) is 0 Å². The molecular formula is C15H19NO3. The van der Waals surface area contributed by atoms with Gasteiger partial charge in [0.1, 0.15) is 5.60 Å². The van der Waals surface area contributed by atoms with Crippen LogP contribution in [0.2, 0.25) is 0 Å². The number of methoxy groups -OCH3 is 2. The third kappa shape index (κ3) is 2.18. The minimum atomic E-state index is -0.431. The van der Waals surface area contributed by atoms with E-state index in [1.165, 1.54) is 0 Å². The molecule has 1 N–H and O–H groups in total. The molecule has 19 heavy (non-hydrogen) atoms. The van der Waals surface area contributed by atoms with Gasteiger partial charge in [0.25, 0.3) is 0 Å². The molecule has 0 atom stereocenters. The Bertz CT molecular complexity index is 559. The number of hydrogen-bond acceptors (Lipinski definition) is 4. The first-order chi connectivity index (χ1) is 8.90. The van der Waals surface area contributed by atoms with Crippen molar-refractivity contribution in [2.75, 3.05) is 14.2 Å². The van der Waals surface area contributed by atoms with E-state index in [1.807, 2.05) is 39.0 Å². The first-order valence-corrected chi connectivity index (χ1v) is 6.12. The molecule has 0 fully saturated rings. The minimum Gasteiger partial charge on any atom is -0.493 e. The van der Waals surface area contributed by atoms with Gasteiger partial charge in [0.2, 0.25) is 5.90 Å². The van der Waals surface area contributed by atoms with Gasteiger partial charge in [0.05, 0.1) is 14.2 Å². The van der Waals surface area contributed by atoms with Gasteiger partial charge in [0, 0.05) is 5.57 Å². The van der Waals surface area contributed by atoms with E-state index in [2.05, 4.69) is 0 Å². The third-order valence-corrected chi connectivity index (χ3v) is 3.53. The van der Waals surface area contributed by atoms with Crippen LogP contribution in [0.1, 0.15) is 26.3 Å². The predicted molar refractivity (Wildman–Crippen MR) is 75.0 cm³/mol. The smallest absolute Gasteiger partial charge is 0.214 e. The summed E-state index contributed by atoms with van der Waals surface area (Å²) >= 11 is 0. The highest BCUT2D eigenvalue weighted by molar-refractivity contribution is 6.21. The molecule has 0 aliphatic carbocycles. The van der Waals surface area contributed by atoms with E-state index in [9.17, 15) is 0 Å². The molecule has 1 heterocycles. The van der Waals surface area contributed by atoms with E-state index in [1.54, 1.807) is 14.2 Å². The van der Waals surface area contributed by atoms with Crippen molar-refractivity contribution in [3.63, 3.8) is 0 Å². The van der Waals surface area contributed by atoms with Crippen LogP contribution in [0, 0.1) is 5.41 Å². The Morgan fingerprint density at radius 2 is 1.74 bits per heavy atom. The van der Waals surface area contributed by atoms with Crippen LogP contribution in [-0.2, 0) is 4.74 Å². The van der Waals surface area contributed by atoms with Gasteiger partial charge < -0.3 is 14.2 Å². The second kappa shape index (κ2) is 4.61. The topological polar surface area (TPSA) is 51.5 Å². The van der Waals surface area contributed by atoms with Crippen LogP contribution in [0.15, 0.2) is 23.8 Å². The molecule has 0 saturated heterocycles. The highest BCUT2D eigenvalue weighted by atomic mass is 16.5. The molecule has 102 valence electrons. The molecule has 1 aromatic carbocycles. The van der Waals surface area contributed by atoms with Crippen molar-refractivity contribution in [3.05, 3.63) is 29.3 Å². The van der Waals surface area contributed by atoms with E-state index in [4.69, 9.17) is 19.6 Å². The number of benzene rings is 1. The summed E-state index contributed by atoms with van der Waals surface area (Å²) in [5.41, 5.74) is 2.35. The zero-order chi connectivity index (χ0) is 14.2. The Morgan fingerprint density at radius 1 is 1.11 bits per heavy atom. The van der Waals surface area contributed by atoms with Crippen LogP contribution in [0.5, 0.6) is 11.5 Å². The average molecular weight is 261 g/mol. The van der Waals surface area contributed by atoms with Crippen LogP contribution < -0.4 is 9.47 Å². The quantitative estimate of drug-likeness (QED) is 0.908. The minimum absolute atomic E-state index is 0.203. The number of rotatable bonds is 3. The second-order valence-corrected chi connectivity index (χ2v) is 5.01. The molecule has 0 unspecified atom stereocenters. The van der Waals surface area contributed by atoms with Crippen LogP contribution >= 0.6 is 0 Å². The Kier molecular flexibility index (Phi) is 3.27. The zero-order valence-corrected chi connectivity index (χ0v) is 12.0. The first-order valence-electron chi connectivity index (χ1n) is 6.12. The van der Waals surface area contributed by atoms with Gasteiger partial charge in [-0.3, -0.25) is 5.41 Å². The van der Waals surface area contributed by atoms with Crippen LogP contribution in [0.3, 0.4) is 0 Å². The number of nitrogens with one attached hydrogen (secondary N) is 1. The number of ether oxygens (including phenoxy) is 3. The van der Waals surface area contributed by atoms with Gasteiger partial charge in [-0.25, -0.2) is 0 Å². The molecule has 1 aliphatic heterocycles. The van der Waals surface area contributed by atoms with E-state index in [0.717, 1.165) is 16.7 Å². The molecule has 0 radical (unpaired) electrons. The molecule has 0 spiro atoms. The van der Waals surface area contributed by atoms with Crippen molar-refractivity contribution < 1.29 is 14.2 Å². The summed E-state index contributed by atoms with van der Waals surface area (Å²) in [6.07, 6.45) is 0. The van der Waals surface area contributed by atoms with Gasteiger partial charge >= 0.3 is 0 Å². The summed E-state index contributed by atoms with van der Waals surface area (Å²) in [5.74, 6) is 1.53. The molecule has 0 amide bonds. The van der Waals surface area contributed by atoms with E-state index in [-0.39, 0.29) is 5.90 Å². The van der Waals surface area contributed by atoms with Crippen molar-refractivity contribution >= 4 is 11.5 Å². The van der Waals surface area contributed by atoms with Gasteiger partial charge in [-0.1, -0.05) is 6.07 Å². The lowest BCUT2D eigenvalue weighted by atomic mass is 9.93. The van der Waals surface area contributed by atoms with Crippen molar-refractivity contribution in [2.24, 2.45) is 0 Å². The Labute approximate surface area is 113 Å². The van der Waals surface area contributed by atoms with E-state index in [0.29, 0.717) is 11.5 Å². The highest BCUT2D eigenvalue weighted by Crippen LogP contribution is 2.39. The first kappa shape index (κ1) is 13.5. The largest absolute Gasteiger partial charge is 0.493 e. The van der Waals surface area contributed by atoms with Crippen molar-refractivity contribution in [3.8, 4) is 11.5 Å². The van der Waals surface area contributed by atoms with Gasteiger partial charge in [-0.05, 0) is 44.0 Å². The fraction of sp³-hybridized carbons (Fsp3) is 0.400. The van der Waals surface area contributed by atoms with Gasteiger partial charge in [-0.15, -0.1) is 0 Å². The van der Waals surface area contributed by atoms with Crippen LogP contribution in [-0.4, -0.2) is 25.7 Å². The Balaban J connectivity index is 2.54. The molecule has 1 aliphatic rings. The summed E-state index contributed by atoms with van der Waals surface area (Å²) in [6.45, 7) is 5.92. The molecule has 4 nitrogen and oxygen atoms in total. The summed E-state index contributed by atoms with van der Waals surface area (Å²) in [7, 11) is 3.20. The fourth-order valence-corrected chi connectivity index (χ4v) is 2.19. The summed E-state index contributed by atoms with van der Waals surface area (Å²) in [4.78, 5) is 0. The maximum Gasteiger partial charge on any atom is 0.214 e. The molecular weight excluding hydrogens is 242 g/mol. The van der Waals surface area contributed by atoms with E-state index >= 15 is 0 Å².